The van der Waals surface area contributed by atoms with Crippen molar-refractivity contribution in [1.29, 1.82) is 5.26 Å². The average Bonchev–Trinajstić information content (AvgIpc) is 2.42. The molecule has 0 heterocycles. The second-order valence-electron chi connectivity index (χ2n) is 3.61. The summed E-state index contributed by atoms with van der Waals surface area (Å²) < 4.78 is 9.99. The van der Waals surface area contributed by atoms with Crippen LogP contribution in [-0.4, -0.2) is 37.8 Å². The molecule has 0 aliphatic carbocycles. The first-order valence-corrected chi connectivity index (χ1v) is 5.59. The molecule has 0 saturated carbocycles. The standard InChI is InChI=1S/C13H16N2O3/c1-17-10-9-15(8-7-14)13(16)18-11-12-5-3-2-4-6-12/h2-6H,8-11H2,1H3. The van der Waals surface area contributed by atoms with Gasteiger partial charge in [0.2, 0.25) is 0 Å². The van der Waals surface area contributed by atoms with Crippen molar-refractivity contribution >= 4 is 6.09 Å². The van der Waals surface area contributed by atoms with E-state index in [1.165, 1.54) is 4.90 Å². The molecule has 0 aliphatic heterocycles. The number of nitrogens with zero attached hydrogens (tertiary/aromatic N) is 2. The van der Waals surface area contributed by atoms with E-state index in [0.29, 0.717) is 13.2 Å². The van der Waals surface area contributed by atoms with E-state index >= 15 is 0 Å². The van der Waals surface area contributed by atoms with Crippen LogP contribution in [0.1, 0.15) is 5.56 Å². The van der Waals surface area contributed by atoms with Gasteiger partial charge in [0.05, 0.1) is 12.7 Å². The molecule has 0 saturated heterocycles. The highest BCUT2D eigenvalue weighted by Crippen LogP contribution is 2.03. The van der Waals surface area contributed by atoms with Crippen molar-refractivity contribution in [3.8, 4) is 6.07 Å². The minimum atomic E-state index is -0.502. The molecule has 18 heavy (non-hydrogen) atoms. The van der Waals surface area contributed by atoms with Crippen LogP contribution in [0, 0.1) is 11.3 Å². The minimum absolute atomic E-state index is 0.00299. The molecule has 5 heteroatoms. The van der Waals surface area contributed by atoms with Gasteiger partial charge < -0.3 is 9.47 Å². The summed E-state index contributed by atoms with van der Waals surface area (Å²) in [6.07, 6.45) is -0.502. The Kier molecular flexibility index (Phi) is 6.30. The van der Waals surface area contributed by atoms with E-state index in [9.17, 15) is 4.79 Å². The van der Waals surface area contributed by atoms with Gasteiger partial charge in [0.15, 0.2) is 0 Å². The molecule has 0 atom stereocenters. The summed E-state index contributed by atoms with van der Waals surface area (Å²) in [6, 6.07) is 11.3. The summed E-state index contributed by atoms with van der Waals surface area (Å²) >= 11 is 0. The highest BCUT2D eigenvalue weighted by molar-refractivity contribution is 5.67. The van der Waals surface area contributed by atoms with Gasteiger partial charge in [0.1, 0.15) is 13.2 Å². The van der Waals surface area contributed by atoms with Gasteiger partial charge in [-0.1, -0.05) is 30.3 Å². The maximum Gasteiger partial charge on any atom is 0.411 e. The lowest BCUT2D eigenvalue weighted by Crippen LogP contribution is -2.34. The number of rotatable bonds is 6. The second-order valence-corrected chi connectivity index (χ2v) is 3.61. The maximum atomic E-state index is 11.7. The molecule has 0 bridgehead atoms. The SMILES string of the molecule is COCCN(CC#N)C(=O)OCc1ccccc1. The Labute approximate surface area is 107 Å². The number of hydrogen-bond donors (Lipinski definition) is 0. The van der Waals surface area contributed by atoms with Gasteiger partial charge in [-0.05, 0) is 5.56 Å². The van der Waals surface area contributed by atoms with Crippen LogP contribution in [-0.2, 0) is 16.1 Å². The Balaban J connectivity index is 2.44. The fourth-order valence-electron chi connectivity index (χ4n) is 1.33. The topological polar surface area (TPSA) is 62.6 Å². The predicted octanol–water partition coefficient (Wildman–Crippen LogP) is 1.80. The first-order chi connectivity index (χ1) is 8.77. The smallest absolute Gasteiger partial charge is 0.411 e. The number of carbonyl (C=O) groups excluding carboxylic acids is 1. The van der Waals surface area contributed by atoms with E-state index in [4.69, 9.17) is 14.7 Å². The van der Waals surface area contributed by atoms with E-state index < -0.39 is 6.09 Å². The monoisotopic (exact) mass is 248 g/mol. The van der Waals surface area contributed by atoms with Crippen molar-refractivity contribution < 1.29 is 14.3 Å². The Morgan fingerprint density at radius 1 is 1.39 bits per heavy atom. The zero-order chi connectivity index (χ0) is 13.2. The lowest BCUT2D eigenvalue weighted by atomic mass is 10.2. The molecule has 1 aromatic carbocycles. The number of hydrogen-bond acceptors (Lipinski definition) is 4. The molecule has 1 aromatic rings. The highest BCUT2D eigenvalue weighted by Gasteiger charge is 2.14. The van der Waals surface area contributed by atoms with Gasteiger partial charge in [-0.2, -0.15) is 5.26 Å². The van der Waals surface area contributed by atoms with Crippen LogP contribution in [0.5, 0.6) is 0 Å². The van der Waals surface area contributed by atoms with Crippen molar-refractivity contribution in [2.45, 2.75) is 6.61 Å². The van der Waals surface area contributed by atoms with Crippen molar-refractivity contribution in [3.63, 3.8) is 0 Å². The third kappa shape index (κ3) is 4.85. The molecule has 1 amide bonds. The number of benzene rings is 1. The first-order valence-electron chi connectivity index (χ1n) is 5.59. The lowest BCUT2D eigenvalue weighted by Gasteiger charge is -2.18. The second kappa shape index (κ2) is 8.09. The molecule has 0 radical (unpaired) electrons. The van der Waals surface area contributed by atoms with Gasteiger partial charge in [0.25, 0.3) is 0 Å². The van der Waals surface area contributed by atoms with Crippen LogP contribution in [0.15, 0.2) is 30.3 Å². The van der Waals surface area contributed by atoms with Gasteiger partial charge in [-0.25, -0.2) is 4.79 Å². The third-order valence-electron chi connectivity index (χ3n) is 2.29. The quantitative estimate of drug-likeness (QED) is 0.720. The van der Waals surface area contributed by atoms with Crippen molar-refractivity contribution in [1.82, 2.24) is 4.90 Å². The van der Waals surface area contributed by atoms with E-state index in [1.54, 1.807) is 7.11 Å². The average molecular weight is 248 g/mol. The molecular weight excluding hydrogens is 232 g/mol. The molecule has 0 spiro atoms. The summed E-state index contributed by atoms with van der Waals surface area (Å²) in [4.78, 5) is 13.0. The van der Waals surface area contributed by atoms with E-state index in [-0.39, 0.29) is 13.2 Å². The summed E-state index contributed by atoms with van der Waals surface area (Å²) in [5.74, 6) is 0. The van der Waals surface area contributed by atoms with Crippen LogP contribution in [0.25, 0.3) is 0 Å². The number of methoxy groups -OCH3 is 1. The van der Waals surface area contributed by atoms with Crippen LogP contribution >= 0.6 is 0 Å². The van der Waals surface area contributed by atoms with E-state index in [0.717, 1.165) is 5.56 Å². The molecule has 1 rings (SSSR count). The Morgan fingerprint density at radius 2 is 2.11 bits per heavy atom. The fourth-order valence-corrected chi connectivity index (χ4v) is 1.33. The number of amides is 1. The summed E-state index contributed by atoms with van der Waals surface area (Å²) in [6.45, 7) is 0.922. The zero-order valence-electron chi connectivity index (χ0n) is 10.3. The Hall–Kier alpha value is -2.06. The van der Waals surface area contributed by atoms with E-state index in [1.807, 2.05) is 36.4 Å². The van der Waals surface area contributed by atoms with Crippen molar-refractivity contribution in [2.75, 3.05) is 26.8 Å². The van der Waals surface area contributed by atoms with Crippen molar-refractivity contribution in [3.05, 3.63) is 35.9 Å². The number of carbonyl (C=O) groups is 1. The fraction of sp³-hybridized carbons (Fsp3) is 0.385. The lowest BCUT2D eigenvalue weighted by molar-refractivity contribution is 0.0873. The van der Waals surface area contributed by atoms with Crippen LogP contribution < -0.4 is 0 Å². The molecule has 0 aliphatic rings. The van der Waals surface area contributed by atoms with Crippen molar-refractivity contribution in [2.24, 2.45) is 0 Å². The molecule has 0 fully saturated rings. The van der Waals surface area contributed by atoms with Crippen LogP contribution in [0.3, 0.4) is 0 Å². The minimum Gasteiger partial charge on any atom is -0.445 e. The molecule has 0 N–H and O–H groups in total. The third-order valence-corrected chi connectivity index (χ3v) is 2.29. The number of nitriles is 1. The largest absolute Gasteiger partial charge is 0.445 e. The Morgan fingerprint density at radius 3 is 2.72 bits per heavy atom. The van der Waals surface area contributed by atoms with Gasteiger partial charge >= 0.3 is 6.09 Å². The number of ether oxygens (including phenoxy) is 2. The van der Waals surface area contributed by atoms with Gasteiger partial charge in [0, 0.05) is 13.7 Å². The zero-order valence-corrected chi connectivity index (χ0v) is 10.3. The van der Waals surface area contributed by atoms with E-state index in [2.05, 4.69) is 0 Å². The predicted molar refractivity (Wildman–Crippen MR) is 65.7 cm³/mol. The normalized spacial score (nSPS) is 9.56. The highest BCUT2D eigenvalue weighted by atomic mass is 16.6. The maximum absolute atomic E-state index is 11.7. The van der Waals surface area contributed by atoms with Crippen LogP contribution in [0.2, 0.25) is 0 Å². The van der Waals surface area contributed by atoms with Gasteiger partial charge in [-0.3, -0.25) is 4.90 Å². The first kappa shape index (κ1) is 14.0. The Bertz CT molecular complexity index is 400. The molecule has 96 valence electrons. The van der Waals surface area contributed by atoms with Gasteiger partial charge in [-0.15, -0.1) is 0 Å². The molecule has 0 aromatic heterocycles. The molecule has 5 nitrogen and oxygen atoms in total. The summed E-state index contributed by atoms with van der Waals surface area (Å²) in [5, 5.41) is 8.63. The molecule has 0 unspecified atom stereocenters. The summed E-state index contributed by atoms with van der Waals surface area (Å²) in [7, 11) is 1.54. The molecular formula is C13H16N2O3. The van der Waals surface area contributed by atoms with Crippen LogP contribution in [0.4, 0.5) is 4.79 Å². The summed E-state index contributed by atoms with van der Waals surface area (Å²) in [5.41, 5.74) is 0.912.